The van der Waals surface area contributed by atoms with Crippen molar-refractivity contribution in [3.05, 3.63) is 68.8 Å². The Morgan fingerprint density at radius 1 is 0.875 bits per heavy atom. The normalized spacial score (nSPS) is 14.6. The molecule has 0 aliphatic carbocycles. The molecule has 0 bridgehead atoms. The third kappa shape index (κ3) is 3.00. The highest BCUT2D eigenvalue weighted by atomic mass is 35.5. The maximum atomic E-state index is 12.6. The second-order valence-corrected chi connectivity index (χ2v) is 6.45. The molecule has 0 spiro atoms. The van der Waals surface area contributed by atoms with Crippen molar-refractivity contribution in [3.8, 4) is 0 Å². The number of anilines is 2. The zero-order valence-corrected chi connectivity index (χ0v) is 14.7. The summed E-state index contributed by atoms with van der Waals surface area (Å²) in [5, 5.41) is 3.75. The van der Waals surface area contributed by atoms with Crippen LogP contribution in [-0.4, -0.2) is 11.8 Å². The molecule has 3 rings (SSSR count). The summed E-state index contributed by atoms with van der Waals surface area (Å²) >= 11 is 17.9. The molecule has 2 aromatic carbocycles. The zero-order chi connectivity index (χ0) is 17.4. The predicted octanol–water partition coefficient (Wildman–Crippen LogP) is 4.74. The van der Waals surface area contributed by atoms with Crippen LogP contribution in [0.4, 0.5) is 11.4 Å². The van der Waals surface area contributed by atoms with Crippen LogP contribution in [0, 0.1) is 6.92 Å². The van der Waals surface area contributed by atoms with Crippen molar-refractivity contribution in [1.29, 1.82) is 0 Å². The summed E-state index contributed by atoms with van der Waals surface area (Å²) in [5.74, 6) is -1.13. The number of imide groups is 1. The third-order valence-electron chi connectivity index (χ3n) is 3.57. The van der Waals surface area contributed by atoms with Crippen LogP contribution in [0.25, 0.3) is 0 Å². The summed E-state index contributed by atoms with van der Waals surface area (Å²) in [7, 11) is 0. The molecule has 0 radical (unpaired) electrons. The Balaban J connectivity index is 1.94. The molecule has 0 atom stereocenters. The molecule has 1 N–H and O–H groups in total. The SMILES string of the molecule is Cc1ccc(Cl)cc1NC1=C(Cl)C(=O)N(c2ccc(Cl)cc2)C1=O. The number of nitrogens with zero attached hydrogens (tertiary/aromatic N) is 1. The van der Waals surface area contributed by atoms with E-state index in [2.05, 4.69) is 5.32 Å². The molecule has 122 valence electrons. The van der Waals surface area contributed by atoms with Gasteiger partial charge < -0.3 is 5.32 Å². The van der Waals surface area contributed by atoms with E-state index in [-0.39, 0.29) is 10.7 Å². The van der Waals surface area contributed by atoms with Gasteiger partial charge in [0.15, 0.2) is 0 Å². The first-order valence-corrected chi connectivity index (χ1v) is 8.09. The van der Waals surface area contributed by atoms with Crippen molar-refractivity contribution in [2.45, 2.75) is 6.92 Å². The second kappa shape index (κ2) is 6.48. The summed E-state index contributed by atoms with van der Waals surface area (Å²) in [5.41, 5.74) is 1.88. The number of hydrogen-bond acceptors (Lipinski definition) is 3. The summed E-state index contributed by atoms with van der Waals surface area (Å²) in [4.78, 5) is 26.0. The quantitative estimate of drug-likeness (QED) is 0.781. The van der Waals surface area contributed by atoms with Gasteiger partial charge in [-0.25, -0.2) is 4.90 Å². The van der Waals surface area contributed by atoms with Crippen LogP contribution in [0.2, 0.25) is 10.0 Å². The second-order valence-electron chi connectivity index (χ2n) is 5.20. The molecule has 0 fully saturated rings. The van der Waals surface area contributed by atoms with Crippen LogP contribution in [0.1, 0.15) is 5.56 Å². The molecular weight excluding hydrogens is 371 g/mol. The fourth-order valence-corrected chi connectivity index (χ4v) is 2.81. The Morgan fingerprint density at radius 3 is 2.17 bits per heavy atom. The van der Waals surface area contributed by atoms with Crippen LogP contribution in [0.15, 0.2) is 53.2 Å². The molecule has 1 heterocycles. The number of nitrogens with one attached hydrogen (secondary N) is 1. The van der Waals surface area contributed by atoms with Gasteiger partial charge in [-0.3, -0.25) is 9.59 Å². The highest BCUT2D eigenvalue weighted by Crippen LogP contribution is 2.32. The number of carbonyl (C=O) groups excluding carboxylic acids is 2. The fourth-order valence-electron chi connectivity index (χ4n) is 2.30. The third-order valence-corrected chi connectivity index (χ3v) is 4.41. The molecule has 1 aliphatic rings. The monoisotopic (exact) mass is 380 g/mol. The standard InChI is InChI=1S/C17H11Cl3N2O2/c1-9-2-3-11(19)8-13(9)21-15-14(20)16(23)22(17(15)24)12-6-4-10(18)5-7-12/h2-8,21H,1H3. The van der Waals surface area contributed by atoms with E-state index in [0.717, 1.165) is 10.5 Å². The van der Waals surface area contributed by atoms with Gasteiger partial charge in [-0.05, 0) is 48.9 Å². The lowest BCUT2D eigenvalue weighted by Gasteiger charge is -2.15. The maximum Gasteiger partial charge on any atom is 0.283 e. The summed E-state index contributed by atoms with van der Waals surface area (Å²) < 4.78 is 0. The van der Waals surface area contributed by atoms with Crippen molar-refractivity contribution in [1.82, 2.24) is 0 Å². The van der Waals surface area contributed by atoms with Crippen LogP contribution >= 0.6 is 34.8 Å². The minimum absolute atomic E-state index is 0.0157. The minimum atomic E-state index is -0.592. The van der Waals surface area contributed by atoms with E-state index in [1.807, 2.05) is 6.92 Å². The molecule has 0 unspecified atom stereocenters. The van der Waals surface area contributed by atoms with Crippen LogP contribution in [0.3, 0.4) is 0 Å². The van der Waals surface area contributed by atoms with Crippen molar-refractivity contribution in [2.24, 2.45) is 0 Å². The average Bonchev–Trinajstić information content (AvgIpc) is 2.76. The first kappa shape index (κ1) is 16.8. The van der Waals surface area contributed by atoms with E-state index in [1.165, 1.54) is 0 Å². The number of hydrogen-bond donors (Lipinski definition) is 1. The Bertz CT molecular complexity index is 876. The summed E-state index contributed by atoms with van der Waals surface area (Å²) in [6.07, 6.45) is 0. The van der Waals surface area contributed by atoms with Gasteiger partial charge >= 0.3 is 0 Å². The molecule has 4 nitrogen and oxygen atoms in total. The molecular formula is C17H11Cl3N2O2. The highest BCUT2D eigenvalue weighted by molar-refractivity contribution is 6.53. The molecule has 24 heavy (non-hydrogen) atoms. The van der Waals surface area contributed by atoms with Gasteiger partial charge in [-0.15, -0.1) is 0 Å². The topological polar surface area (TPSA) is 49.4 Å². The van der Waals surface area contributed by atoms with E-state index < -0.39 is 11.8 Å². The van der Waals surface area contributed by atoms with E-state index in [0.29, 0.717) is 21.4 Å². The first-order chi connectivity index (χ1) is 11.4. The zero-order valence-electron chi connectivity index (χ0n) is 12.4. The van der Waals surface area contributed by atoms with Crippen molar-refractivity contribution >= 4 is 58.0 Å². The van der Waals surface area contributed by atoms with Gasteiger partial charge in [0, 0.05) is 15.7 Å². The number of aryl methyl sites for hydroxylation is 1. The predicted molar refractivity (Wildman–Crippen MR) is 96.6 cm³/mol. The average molecular weight is 382 g/mol. The lowest BCUT2D eigenvalue weighted by Crippen LogP contribution is -2.32. The summed E-state index contributed by atoms with van der Waals surface area (Å²) in [6, 6.07) is 11.6. The largest absolute Gasteiger partial charge is 0.349 e. The lowest BCUT2D eigenvalue weighted by atomic mass is 10.2. The van der Waals surface area contributed by atoms with Gasteiger partial charge in [-0.2, -0.15) is 0 Å². The Labute approximate surface area is 153 Å². The number of rotatable bonds is 3. The number of carbonyl (C=O) groups is 2. The number of amides is 2. The maximum absolute atomic E-state index is 12.6. The first-order valence-electron chi connectivity index (χ1n) is 6.96. The van der Waals surface area contributed by atoms with E-state index >= 15 is 0 Å². The van der Waals surface area contributed by atoms with Crippen molar-refractivity contribution in [3.63, 3.8) is 0 Å². The number of halogens is 3. The fraction of sp³-hybridized carbons (Fsp3) is 0.0588. The van der Waals surface area contributed by atoms with Crippen LogP contribution in [-0.2, 0) is 9.59 Å². The van der Waals surface area contributed by atoms with Gasteiger partial charge in [0.25, 0.3) is 11.8 Å². The number of benzene rings is 2. The highest BCUT2D eigenvalue weighted by Gasteiger charge is 2.39. The van der Waals surface area contributed by atoms with Crippen LogP contribution < -0.4 is 10.2 Å². The van der Waals surface area contributed by atoms with E-state index in [1.54, 1.807) is 42.5 Å². The van der Waals surface area contributed by atoms with Crippen molar-refractivity contribution < 1.29 is 9.59 Å². The molecule has 2 aromatic rings. The van der Waals surface area contributed by atoms with E-state index in [9.17, 15) is 9.59 Å². The van der Waals surface area contributed by atoms with Gasteiger partial charge in [0.1, 0.15) is 10.7 Å². The molecule has 7 heteroatoms. The Morgan fingerprint density at radius 2 is 1.50 bits per heavy atom. The van der Waals surface area contributed by atoms with Crippen LogP contribution in [0.5, 0.6) is 0 Å². The Kier molecular flexibility index (Phi) is 4.54. The van der Waals surface area contributed by atoms with Gasteiger partial charge in [-0.1, -0.05) is 40.9 Å². The lowest BCUT2D eigenvalue weighted by molar-refractivity contribution is -0.120. The minimum Gasteiger partial charge on any atom is -0.349 e. The summed E-state index contributed by atoms with van der Waals surface area (Å²) in [6.45, 7) is 1.85. The molecule has 0 saturated carbocycles. The molecule has 0 saturated heterocycles. The smallest absolute Gasteiger partial charge is 0.283 e. The van der Waals surface area contributed by atoms with E-state index in [4.69, 9.17) is 34.8 Å². The molecule has 2 amide bonds. The van der Waals surface area contributed by atoms with Gasteiger partial charge in [0.05, 0.1) is 5.69 Å². The van der Waals surface area contributed by atoms with Crippen molar-refractivity contribution in [2.75, 3.05) is 10.2 Å². The molecule has 0 aromatic heterocycles. The van der Waals surface area contributed by atoms with Gasteiger partial charge in [0.2, 0.25) is 0 Å². The Hall–Kier alpha value is -2.01. The molecule has 1 aliphatic heterocycles.